The lowest BCUT2D eigenvalue weighted by atomic mass is 9.95. The zero-order chi connectivity index (χ0) is 26.1. The van der Waals surface area contributed by atoms with Crippen LogP contribution in [0, 0.1) is 0 Å². The summed E-state index contributed by atoms with van der Waals surface area (Å²) in [6, 6.07) is 13.4. The van der Waals surface area contributed by atoms with Gasteiger partial charge < -0.3 is 24.4 Å². The number of amides is 1. The van der Waals surface area contributed by atoms with Crippen molar-refractivity contribution in [1.29, 1.82) is 0 Å². The first-order valence-corrected chi connectivity index (χ1v) is 12.5. The molecule has 0 radical (unpaired) electrons. The molecule has 1 amide bonds. The minimum atomic E-state index is -0.704. The van der Waals surface area contributed by atoms with Gasteiger partial charge in [0.15, 0.2) is 0 Å². The fraction of sp³-hybridized carbons (Fsp3) is 0.379. The number of carbonyl (C=O) groups excluding carboxylic acids is 2. The lowest BCUT2D eigenvalue weighted by Crippen LogP contribution is -2.38. The molecule has 36 heavy (non-hydrogen) atoms. The van der Waals surface area contributed by atoms with Gasteiger partial charge in [-0.25, -0.2) is 0 Å². The zero-order valence-electron chi connectivity index (χ0n) is 21.4. The number of aliphatic hydroxyl groups excluding tert-OH is 1. The molecule has 1 N–H and O–H groups in total. The lowest BCUT2D eigenvalue weighted by molar-refractivity contribution is -0.140. The summed E-state index contributed by atoms with van der Waals surface area (Å²) in [6.45, 7) is 13.4. The number of nitrogens with zero attached hydrogens (tertiary/aromatic N) is 2. The van der Waals surface area contributed by atoms with Crippen LogP contribution < -0.4 is 9.47 Å². The number of hydrogen-bond acceptors (Lipinski definition) is 6. The Bertz CT molecular complexity index is 1070. The maximum atomic E-state index is 13.2. The van der Waals surface area contributed by atoms with Gasteiger partial charge in [0.25, 0.3) is 11.7 Å². The second-order valence-electron chi connectivity index (χ2n) is 8.56. The Morgan fingerprint density at radius 2 is 1.61 bits per heavy atom. The third kappa shape index (κ3) is 6.15. The Morgan fingerprint density at radius 1 is 1.00 bits per heavy atom. The van der Waals surface area contributed by atoms with Gasteiger partial charge in [-0.05, 0) is 61.5 Å². The zero-order valence-corrected chi connectivity index (χ0v) is 21.4. The first-order valence-electron chi connectivity index (χ1n) is 12.5. The molecule has 1 aliphatic rings. The van der Waals surface area contributed by atoms with Crippen LogP contribution >= 0.6 is 0 Å². The van der Waals surface area contributed by atoms with E-state index in [4.69, 9.17) is 9.47 Å². The molecule has 1 unspecified atom stereocenters. The van der Waals surface area contributed by atoms with Crippen molar-refractivity contribution in [3.8, 4) is 11.5 Å². The standard InChI is InChI=1S/C29H36N2O5/c1-5-19-35-23-13-9-21(10-14-23)26-25(27(32)22-11-15-24(16-12-22)36-20-6-2)28(33)29(34)31(26)18-17-30(7-3)8-4/h5,9-16,26,32H,1,6-8,17-20H2,2-4H3/b27-25+. The summed E-state index contributed by atoms with van der Waals surface area (Å²) < 4.78 is 11.2. The van der Waals surface area contributed by atoms with E-state index in [1.54, 1.807) is 47.4 Å². The molecular formula is C29H36N2O5. The van der Waals surface area contributed by atoms with Gasteiger partial charge in [0.05, 0.1) is 18.2 Å². The van der Waals surface area contributed by atoms with Gasteiger partial charge in [-0.2, -0.15) is 0 Å². The summed E-state index contributed by atoms with van der Waals surface area (Å²) in [5.74, 6) is -0.155. The average Bonchev–Trinajstić information content (AvgIpc) is 3.16. The van der Waals surface area contributed by atoms with Gasteiger partial charge in [-0.3, -0.25) is 9.59 Å². The number of hydrogen-bond donors (Lipinski definition) is 1. The summed E-state index contributed by atoms with van der Waals surface area (Å²) in [5.41, 5.74) is 1.27. The second-order valence-corrected chi connectivity index (χ2v) is 8.56. The van der Waals surface area contributed by atoms with Crippen LogP contribution in [0.1, 0.15) is 44.4 Å². The van der Waals surface area contributed by atoms with E-state index in [0.29, 0.717) is 43.4 Å². The first kappa shape index (κ1) is 27.0. The number of aliphatic hydroxyl groups is 1. The van der Waals surface area contributed by atoms with E-state index in [2.05, 4.69) is 25.3 Å². The van der Waals surface area contributed by atoms with Crippen LogP contribution in [0.2, 0.25) is 0 Å². The molecule has 7 heteroatoms. The van der Waals surface area contributed by atoms with Crippen molar-refractivity contribution in [2.75, 3.05) is 39.4 Å². The Labute approximate surface area is 213 Å². The van der Waals surface area contributed by atoms with Crippen molar-refractivity contribution < 1.29 is 24.2 Å². The molecular weight excluding hydrogens is 456 g/mol. The second kappa shape index (κ2) is 12.9. The summed E-state index contributed by atoms with van der Waals surface area (Å²) in [4.78, 5) is 30.1. The molecule has 0 spiro atoms. The van der Waals surface area contributed by atoms with E-state index in [9.17, 15) is 14.7 Å². The number of ether oxygens (including phenoxy) is 2. The maximum absolute atomic E-state index is 13.2. The lowest BCUT2D eigenvalue weighted by Gasteiger charge is -2.28. The monoisotopic (exact) mass is 492 g/mol. The minimum Gasteiger partial charge on any atom is -0.507 e. The van der Waals surface area contributed by atoms with E-state index >= 15 is 0 Å². The number of ketones is 1. The van der Waals surface area contributed by atoms with E-state index < -0.39 is 17.7 Å². The first-order chi connectivity index (χ1) is 17.4. The van der Waals surface area contributed by atoms with Crippen LogP contribution in [-0.2, 0) is 9.59 Å². The summed E-state index contributed by atoms with van der Waals surface area (Å²) in [7, 11) is 0. The van der Waals surface area contributed by atoms with Crippen LogP contribution in [0.15, 0.2) is 66.8 Å². The van der Waals surface area contributed by atoms with Gasteiger partial charge in [0, 0.05) is 18.7 Å². The van der Waals surface area contributed by atoms with Gasteiger partial charge in [-0.1, -0.05) is 45.6 Å². The van der Waals surface area contributed by atoms with Gasteiger partial charge in [0.1, 0.15) is 23.9 Å². The number of likely N-dealkylation sites (tertiary alicyclic amines) is 1. The number of rotatable bonds is 13. The molecule has 1 atom stereocenters. The molecule has 1 fully saturated rings. The smallest absolute Gasteiger partial charge is 0.295 e. The third-order valence-electron chi connectivity index (χ3n) is 6.26. The van der Waals surface area contributed by atoms with Crippen molar-refractivity contribution >= 4 is 17.4 Å². The summed E-state index contributed by atoms with van der Waals surface area (Å²) in [5, 5.41) is 11.3. The van der Waals surface area contributed by atoms with Crippen molar-refractivity contribution in [2.45, 2.75) is 33.2 Å². The largest absolute Gasteiger partial charge is 0.507 e. The fourth-order valence-corrected chi connectivity index (χ4v) is 4.23. The number of likely N-dealkylation sites (N-methyl/N-ethyl adjacent to an activating group) is 1. The topological polar surface area (TPSA) is 79.3 Å². The molecule has 3 rings (SSSR count). The Hall–Kier alpha value is -3.58. The van der Waals surface area contributed by atoms with E-state index in [1.165, 1.54) is 0 Å². The van der Waals surface area contributed by atoms with Crippen LogP contribution in [-0.4, -0.2) is 66.0 Å². The average molecular weight is 493 g/mol. The Balaban J connectivity index is 2.01. The van der Waals surface area contributed by atoms with Crippen molar-refractivity contribution in [3.63, 3.8) is 0 Å². The molecule has 7 nitrogen and oxygen atoms in total. The maximum Gasteiger partial charge on any atom is 0.295 e. The highest BCUT2D eigenvalue weighted by molar-refractivity contribution is 6.46. The summed E-state index contributed by atoms with van der Waals surface area (Å²) >= 11 is 0. The molecule has 2 aromatic carbocycles. The van der Waals surface area contributed by atoms with E-state index in [0.717, 1.165) is 25.1 Å². The molecule has 0 bridgehead atoms. The van der Waals surface area contributed by atoms with Crippen LogP contribution in [0.3, 0.4) is 0 Å². The van der Waals surface area contributed by atoms with Crippen molar-refractivity contribution in [3.05, 3.63) is 77.9 Å². The highest BCUT2D eigenvalue weighted by Crippen LogP contribution is 2.39. The number of Topliss-reactive ketones (excluding diaryl/α,β-unsaturated/α-hetero) is 1. The molecule has 0 aliphatic carbocycles. The Morgan fingerprint density at radius 3 is 2.19 bits per heavy atom. The SMILES string of the molecule is C=CCOc1ccc(C2/C(=C(\O)c3ccc(OCCC)cc3)C(=O)C(=O)N2CCN(CC)CC)cc1. The van der Waals surface area contributed by atoms with Gasteiger partial charge >= 0.3 is 0 Å². The molecule has 1 saturated heterocycles. The predicted octanol–water partition coefficient (Wildman–Crippen LogP) is 4.80. The van der Waals surface area contributed by atoms with Crippen LogP contribution in [0.25, 0.3) is 5.76 Å². The van der Waals surface area contributed by atoms with Crippen LogP contribution in [0.4, 0.5) is 0 Å². The van der Waals surface area contributed by atoms with Gasteiger partial charge in [-0.15, -0.1) is 0 Å². The summed E-state index contributed by atoms with van der Waals surface area (Å²) in [6.07, 6.45) is 2.55. The molecule has 0 saturated carbocycles. The molecule has 2 aromatic rings. The van der Waals surface area contributed by atoms with Gasteiger partial charge in [0.2, 0.25) is 0 Å². The molecule has 1 heterocycles. The van der Waals surface area contributed by atoms with Crippen molar-refractivity contribution in [1.82, 2.24) is 9.80 Å². The highest BCUT2D eigenvalue weighted by Gasteiger charge is 2.46. The fourth-order valence-electron chi connectivity index (χ4n) is 4.23. The number of carbonyl (C=O) groups is 2. The number of benzene rings is 2. The van der Waals surface area contributed by atoms with Crippen LogP contribution in [0.5, 0.6) is 11.5 Å². The predicted molar refractivity (Wildman–Crippen MR) is 141 cm³/mol. The highest BCUT2D eigenvalue weighted by atomic mass is 16.5. The Kier molecular flexibility index (Phi) is 9.70. The molecule has 1 aliphatic heterocycles. The third-order valence-corrected chi connectivity index (χ3v) is 6.26. The normalized spacial score (nSPS) is 17.0. The molecule has 192 valence electrons. The van der Waals surface area contributed by atoms with E-state index in [-0.39, 0.29) is 11.3 Å². The van der Waals surface area contributed by atoms with E-state index in [1.807, 2.05) is 19.1 Å². The minimum absolute atomic E-state index is 0.0848. The quantitative estimate of drug-likeness (QED) is 0.187. The molecule has 0 aromatic heterocycles. The van der Waals surface area contributed by atoms with Crippen molar-refractivity contribution in [2.24, 2.45) is 0 Å².